The van der Waals surface area contributed by atoms with Crippen LogP contribution in [0, 0.1) is 25.2 Å². The van der Waals surface area contributed by atoms with Gasteiger partial charge in [0.05, 0.1) is 5.56 Å². The Hall–Kier alpha value is -2.47. The van der Waals surface area contributed by atoms with E-state index >= 15 is 0 Å². The number of hydrogen-bond donors (Lipinski definition) is 1. The Morgan fingerprint density at radius 1 is 1.11 bits per heavy atom. The lowest BCUT2D eigenvalue weighted by Crippen LogP contribution is -1.92. The molecule has 2 rings (SSSR count). The molecule has 0 saturated carbocycles. The molecule has 3 nitrogen and oxygen atoms in total. The van der Waals surface area contributed by atoms with Crippen LogP contribution in [0.15, 0.2) is 36.4 Å². The molecule has 0 bridgehead atoms. The largest absolute Gasteiger partial charge is 0.456 e. The van der Waals surface area contributed by atoms with Crippen LogP contribution in [0.1, 0.15) is 16.7 Å². The van der Waals surface area contributed by atoms with Crippen molar-refractivity contribution in [2.45, 2.75) is 13.8 Å². The molecule has 0 amide bonds. The monoisotopic (exact) mass is 238 g/mol. The number of nitrogens with two attached hydrogens (primary N) is 1. The van der Waals surface area contributed by atoms with Crippen molar-refractivity contribution >= 4 is 5.69 Å². The summed E-state index contributed by atoms with van der Waals surface area (Å²) in [6, 6.07) is 13.1. The van der Waals surface area contributed by atoms with E-state index in [1.54, 1.807) is 18.2 Å². The van der Waals surface area contributed by atoms with E-state index in [1.807, 2.05) is 32.0 Å². The van der Waals surface area contributed by atoms with Gasteiger partial charge in [0, 0.05) is 5.69 Å². The van der Waals surface area contributed by atoms with Crippen molar-refractivity contribution in [2.24, 2.45) is 0 Å². The lowest BCUT2D eigenvalue weighted by Gasteiger charge is -2.09. The van der Waals surface area contributed by atoms with Gasteiger partial charge in [0.2, 0.25) is 0 Å². The van der Waals surface area contributed by atoms with E-state index < -0.39 is 0 Å². The van der Waals surface area contributed by atoms with Gasteiger partial charge in [0.15, 0.2) is 0 Å². The zero-order valence-corrected chi connectivity index (χ0v) is 10.4. The predicted molar refractivity (Wildman–Crippen MR) is 71.6 cm³/mol. The first-order valence-electron chi connectivity index (χ1n) is 5.65. The summed E-state index contributed by atoms with van der Waals surface area (Å²) in [7, 11) is 0. The molecule has 2 aromatic rings. The number of hydrogen-bond acceptors (Lipinski definition) is 3. The highest BCUT2D eigenvalue weighted by atomic mass is 16.5. The molecule has 0 unspecified atom stereocenters. The molecule has 2 aromatic carbocycles. The predicted octanol–water partition coefficient (Wildman–Crippen LogP) is 3.55. The minimum Gasteiger partial charge on any atom is -0.456 e. The van der Waals surface area contributed by atoms with Gasteiger partial charge in [-0.1, -0.05) is 6.07 Å². The fraction of sp³-hybridized carbons (Fsp3) is 0.133. The first-order valence-corrected chi connectivity index (χ1v) is 5.65. The first-order chi connectivity index (χ1) is 8.60. The maximum Gasteiger partial charge on any atom is 0.145 e. The van der Waals surface area contributed by atoms with Crippen LogP contribution in [0.3, 0.4) is 0 Å². The molecule has 2 N–H and O–H groups in total. The molecule has 0 saturated heterocycles. The van der Waals surface area contributed by atoms with Gasteiger partial charge >= 0.3 is 0 Å². The molecule has 0 heterocycles. The number of rotatable bonds is 2. The fourth-order valence-electron chi connectivity index (χ4n) is 1.65. The Balaban J connectivity index is 2.36. The molecule has 0 aliphatic rings. The quantitative estimate of drug-likeness (QED) is 0.814. The third-order valence-electron chi connectivity index (χ3n) is 2.73. The summed E-state index contributed by atoms with van der Waals surface area (Å²) >= 11 is 0. The molecule has 18 heavy (non-hydrogen) atoms. The van der Waals surface area contributed by atoms with Crippen LogP contribution in [-0.4, -0.2) is 0 Å². The maximum atomic E-state index is 9.04. The molecule has 0 aromatic heterocycles. The van der Waals surface area contributed by atoms with E-state index in [2.05, 4.69) is 6.07 Å². The Bertz CT molecular complexity index is 627. The van der Waals surface area contributed by atoms with E-state index in [4.69, 9.17) is 15.7 Å². The highest BCUT2D eigenvalue weighted by Crippen LogP contribution is 2.28. The molecule has 90 valence electrons. The summed E-state index contributed by atoms with van der Waals surface area (Å²) < 4.78 is 5.74. The molecule has 0 aliphatic heterocycles. The van der Waals surface area contributed by atoms with Crippen molar-refractivity contribution in [2.75, 3.05) is 5.73 Å². The summed E-state index contributed by atoms with van der Waals surface area (Å²) in [6.07, 6.45) is 0. The Kier molecular flexibility index (Phi) is 3.20. The number of ether oxygens (including phenoxy) is 1. The van der Waals surface area contributed by atoms with Gasteiger partial charge in [0.1, 0.15) is 17.6 Å². The normalized spacial score (nSPS) is 9.83. The molecule has 0 aliphatic carbocycles. The SMILES string of the molecule is Cc1ccc(C#N)c(Oc2ccc(N)c(C)c2)c1. The van der Waals surface area contributed by atoms with Crippen LogP contribution in [0.4, 0.5) is 5.69 Å². The van der Waals surface area contributed by atoms with E-state index in [9.17, 15) is 0 Å². The number of nitriles is 1. The van der Waals surface area contributed by atoms with Crippen molar-refractivity contribution in [3.05, 3.63) is 53.1 Å². The van der Waals surface area contributed by atoms with E-state index in [-0.39, 0.29) is 0 Å². The Morgan fingerprint density at radius 2 is 1.89 bits per heavy atom. The second-order valence-corrected chi connectivity index (χ2v) is 4.23. The van der Waals surface area contributed by atoms with Crippen LogP contribution >= 0.6 is 0 Å². The zero-order valence-electron chi connectivity index (χ0n) is 10.4. The van der Waals surface area contributed by atoms with E-state index in [0.29, 0.717) is 17.1 Å². The van der Waals surface area contributed by atoms with Gasteiger partial charge in [-0.15, -0.1) is 0 Å². The highest BCUT2D eigenvalue weighted by molar-refractivity contribution is 5.52. The van der Waals surface area contributed by atoms with Crippen LogP contribution in [0.2, 0.25) is 0 Å². The third kappa shape index (κ3) is 2.44. The molecule has 0 spiro atoms. The van der Waals surface area contributed by atoms with Crippen LogP contribution in [-0.2, 0) is 0 Å². The fourth-order valence-corrected chi connectivity index (χ4v) is 1.65. The van der Waals surface area contributed by atoms with Gasteiger partial charge in [-0.05, 0) is 55.3 Å². The summed E-state index contributed by atoms with van der Waals surface area (Å²) in [6.45, 7) is 3.88. The Morgan fingerprint density at radius 3 is 2.56 bits per heavy atom. The second kappa shape index (κ2) is 4.80. The number of nitrogens with zero attached hydrogens (tertiary/aromatic N) is 1. The van der Waals surface area contributed by atoms with Gasteiger partial charge in [-0.2, -0.15) is 5.26 Å². The van der Waals surface area contributed by atoms with Gasteiger partial charge < -0.3 is 10.5 Å². The van der Waals surface area contributed by atoms with Crippen molar-refractivity contribution in [1.82, 2.24) is 0 Å². The lowest BCUT2D eigenvalue weighted by molar-refractivity contribution is 0.480. The van der Waals surface area contributed by atoms with E-state index in [1.165, 1.54) is 0 Å². The Labute approximate surface area is 106 Å². The number of nitrogen functional groups attached to an aromatic ring is 1. The molecule has 0 fully saturated rings. The number of benzene rings is 2. The summed E-state index contributed by atoms with van der Waals surface area (Å²) in [4.78, 5) is 0. The number of anilines is 1. The number of aryl methyl sites for hydroxylation is 2. The molecule has 0 radical (unpaired) electrons. The molecular formula is C15H14N2O. The highest BCUT2D eigenvalue weighted by Gasteiger charge is 2.05. The average Bonchev–Trinajstić information content (AvgIpc) is 2.34. The van der Waals surface area contributed by atoms with E-state index in [0.717, 1.165) is 16.8 Å². The van der Waals surface area contributed by atoms with Gasteiger partial charge in [0.25, 0.3) is 0 Å². The van der Waals surface area contributed by atoms with Crippen molar-refractivity contribution in [1.29, 1.82) is 5.26 Å². The second-order valence-electron chi connectivity index (χ2n) is 4.23. The summed E-state index contributed by atoms with van der Waals surface area (Å²) in [5.74, 6) is 1.26. The van der Waals surface area contributed by atoms with Crippen molar-refractivity contribution in [3.63, 3.8) is 0 Å². The van der Waals surface area contributed by atoms with Crippen LogP contribution < -0.4 is 10.5 Å². The molecule has 0 atom stereocenters. The lowest BCUT2D eigenvalue weighted by atomic mass is 10.1. The standard InChI is InChI=1S/C15H14N2O/c1-10-3-4-12(9-16)15(7-10)18-13-5-6-14(17)11(2)8-13/h3-8H,17H2,1-2H3. The van der Waals surface area contributed by atoms with Gasteiger partial charge in [-0.25, -0.2) is 0 Å². The maximum absolute atomic E-state index is 9.04. The topological polar surface area (TPSA) is 59.0 Å². The third-order valence-corrected chi connectivity index (χ3v) is 2.73. The van der Waals surface area contributed by atoms with Crippen LogP contribution in [0.25, 0.3) is 0 Å². The molecule has 3 heteroatoms. The first kappa shape index (κ1) is 12.0. The zero-order chi connectivity index (χ0) is 13.1. The van der Waals surface area contributed by atoms with Crippen LogP contribution in [0.5, 0.6) is 11.5 Å². The molecular weight excluding hydrogens is 224 g/mol. The average molecular weight is 238 g/mol. The smallest absolute Gasteiger partial charge is 0.145 e. The minimum atomic E-state index is 0.523. The van der Waals surface area contributed by atoms with Gasteiger partial charge in [-0.3, -0.25) is 0 Å². The van der Waals surface area contributed by atoms with Crippen molar-refractivity contribution in [3.8, 4) is 17.6 Å². The minimum absolute atomic E-state index is 0.523. The summed E-state index contributed by atoms with van der Waals surface area (Å²) in [5, 5.41) is 9.04. The van der Waals surface area contributed by atoms with Crippen molar-refractivity contribution < 1.29 is 4.74 Å². The summed E-state index contributed by atoms with van der Waals surface area (Å²) in [5.41, 5.74) is 9.02.